The minimum absolute atomic E-state index is 0.0537. The van der Waals surface area contributed by atoms with Gasteiger partial charge < -0.3 is 25.6 Å². The van der Waals surface area contributed by atoms with Gasteiger partial charge in [0, 0.05) is 18.3 Å². The van der Waals surface area contributed by atoms with Crippen LogP contribution in [0.2, 0.25) is 5.02 Å². The second-order valence-corrected chi connectivity index (χ2v) is 7.26. The smallest absolute Gasteiger partial charge is 0.395 e. The Bertz CT molecular complexity index is 1190. The van der Waals surface area contributed by atoms with E-state index in [9.17, 15) is 22.8 Å². The Morgan fingerprint density at radius 1 is 1.21 bits per heavy atom. The molecule has 3 aromatic rings. The van der Waals surface area contributed by atoms with Crippen molar-refractivity contribution in [3.63, 3.8) is 0 Å². The highest BCUT2D eigenvalue weighted by atomic mass is 35.5. The zero-order valence-electron chi connectivity index (χ0n) is 17.5. The molecule has 0 radical (unpaired) electrons. The van der Waals surface area contributed by atoms with Crippen molar-refractivity contribution in [1.29, 1.82) is 0 Å². The summed E-state index contributed by atoms with van der Waals surface area (Å²) in [7, 11) is 0. The number of carbonyl (C=O) groups excluding carboxylic acids is 2. The number of nitrogens with zero attached hydrogens (tertiary/aromatic N) is 3. The monoisotopic (exact) mass is 498 g/mol. The van der Waals surface area contributed by atoms with Gasteiger partial charge >= 0.3 is 6.18 Å². The fourth-order valence-electron chi connectivity index (χ4n) is 2.73. The molecule has 2 heterocycles. The quantitative estimate of drug-likeness (QED) is 0.370. The maximum atomic E-state index is 12.8. The molecule has 0 aliphatic carbocycles. The van der Waals surface area contributed by atoms with Crippen LogP contribution >= 0.6 is 11.6 Å². The number of aliphatic hydroxyl groups is 1. The molecule has 0 aliphatic heterocycles. The molecule has 0 saturated carbocycles. The summed E-state index contributed by atoms with van der Waals surface area (Å²) in [6.07, 6.45) is -3.44. The van der Waals surface area contributed by atoms with Crippen LogP contribution in [0.1, 0.15) is 45.3 Å². The molecule has 0 fully saturated rings. The SMILES string of the molecule is CC(NC(=O)c1ncnc(NCCO)c1Cl)c1cc(C(=O)Nc2cccc(C(F)(F)F)c2)on1. The average Bonchev–Trinajstić information content (AvgIpc) is 3.29. The minimum Gasteiger partial charge on any atom is -0.395 e. The molecule has 0 aliphatic rings. The Kier molecular flexibility index (Phi) is 7.68. The van der Waals surface area contributed by atoms with Crippen LogP contribution in [0, 0.1) is 0 Å². The van der Waals surface area contributed by atoms with E-state index in [4.69, 9.17) is 21.2 Å². The summed E-state index contributed by atoms with van der Waals surface area (Å²) in [4.78, 5) is 32.7. The number of hydrogen-bond acceptors (Lipinski definition) is 8. The van der Waals surface area contributed by atoms with Crippen molar-refractivity contribution in [1.82, 2.24) is 20.4 Å². The number of anilines is 2. The van der Waals surface area contributed by atoms with E-state index in [-0.39, 0.29) is 46.8 Å². The summed E-state index contributed by atoms with van der Waals surface area (Å²) >= 11 is 6.14. The average molecular weight is 499 g/mol. The highest BCUT2D eigenvalue weighted by Crippen LogP contribution is 2.31. The molecular weight excluding hydrogens is 481 g/mol. The normalized spacial score (nSPS) is 12.2. The molecule has 14 heteroatoms. The Morgan fingerprint density at radius 3 is 2.68 bits per heavy atom. The van der Waals surface area contributed by atoms with Gasteiger partial charge in [-0.3, -0.25) is 9.59 Å². The minimum atomic E-state index is -4.56. The first-order valence-corrected chi connectivity index (χ1v) is 10.1. The van der Waals surface area contributed by atoms with Crippen LogP contribution in [0.4, 0.5) is 24.7 Å². The molecule has 34 heavy (non-hydrogen) atoms. The molecule has 180 valence electrons. The van der Waals surface area contributed by atoms with E-state index >= 15 is 0 Å². The molecule has 2 amide bonds. The van der Waals surface area contributed by atoms with Crippen molar-refractivity contribution < 1.29 is 32.4 Å². The van der Waals surface area contributed by atoms with Gasteiger partial charge in [0.05, 0.1) is 18.2 Å². The van der Waals surface area contributed by atoms with Crippen LogP contribution in [0.3, 0.4) is 0 Å². The van der Waals surface area contributed by atoms with Gasteiger partial charge in [-0.2, -0.15) is 13.2 Å². The van der Waals surface area contributed by atoms with Crippen molar-refractivity contribution in [2.24, 2.45) is 0 Å². The fraction of sp³-hybridized carbons (Fsp3) is 0.250. The largest absolute Gasteiger partial charge is 0.416 e. The van der Waals surface area contributed by atoms with Gasteiger partial charge in [0.25, 0.3) is 11.8 Å². The zero-order chi connectivity index (χ0) is 24.9. The third kappa shape index (κ3) is 5.99. The summed E-state index contributed by atoms with van der Waals surface area (Å²) in [5.74, 6) is -1.59. The van der Waals surface area contributed by atoms with E-state index in [1.807, 2.05) is 0 Å². The number of halogens is 4. The predicted molar refractivity (Wildman–Crippen MR) is 114 cm³/mol. The van der Waals surface area contributed by atoms with E-state index in [0.717, 1.165) is 24.5 Å². The molecule has 1 atom stereocenters. The van der Waals surface area contributed by atoms with E-state index in [2.05, 4.69) is 31.1 Å². The Morgan fingerprint density at radius 2 is 1.97 bits per heavy atom. The lowest BCUT2D eigenvalue weighted by atomic mass is 10.2. The summed E-state index contributed by atoms with van der Waals surface area (Å²) in [6, 6.07) is 4.61. The topological polar surface area (TPSA) is 142 Å². The Labute approximate surface area is 195 Å². The van der Waals surface area contributed by atoms with Gasteiger partial charge in [-0.25, -0.2) is 9.97 Å². The van der Waals surface area contributed by atoms with Crippen LogP contribution in [0.25, 0.3) is 0 Å². The highest BCUT2D eigenvalue weighted by Gasteiger charge is 2.30. The Balaban J connectivity index is 1.67. The molecule has 10 nitrogen and oxygen atoms in total. The lowest BCUT2D eigenvalue weighted by molar-refractivity contribution is -0.137. The van der Waals surface area contributed by atoms with Crippen molar-refractivity contribution in [2.45, 2.75) is 19.1 Å². The summed E-state index contributed by atoms with van der Waals surface area (Å²) in [5.41, 5.74) is -0.956. The van der Waals surface area contributed by atoms with Crippen LogP contribution in [-0.2, 0) is 6.18 Å². The third-order valence-corrected chi connectivity index (χ3v) is 4.76. The number of hydrogen-bond donors (Lipinski definition) is 4. The van der Waals surface area contributed by atoms with Crippen molar-refractivity contribution in [3.8, 4) is 0 Å². The number of carbonyl (C=O) groups is 2. The number of amides is 2. The van der Waals surface area contributed by atoms with Crippen molar-refractivity contribution in [2.75, 3.05) is 23.8 Å². The highest BCUT2D eigenvalue weighted by molar-refractivity contribution is 6.35. The lowest BCUT2D eigenvalue weighted by Gasteiger charge is -2.12. The first-order valence-electron chi connectivity index (χ1n) is 9.71. The summed E-state index contributed by atoms with van der Waals surface area (Å²) in [6.45, 7) is 1.55. The van der Waals surface area contributed by atoms with Crippen molar-refractivity contribution >= 4 is 34.9 Å². The van der Waals surface area contributed by atoms with Crippen LogP contribution in [0.5, 0.6) is 0 Å². The zero-order valence-corrected chi connectivity index (χ0v) is 18.2. The van der Waals surface area contributed by atoms with E-state index < -0.39 is 29.6 Å². The molecule has 4 N–H and O–H groups in total. The van der Waals surface area contributed by atoms with Crippen LogP contribution in [0.15, 0.2) is 41.2 Å². The van der Waals surface area contributed by atoms with Gasteiger partial charge in [-0.05, 0) is 25.1 Å². The lowest BCUT2D eigenvalue weighted by Crippen LogP contribution is -2.28. The number of benzene rings is 1. The summed E-state index contributed by atoms with van der Waals surface area (Å²) < 4.78 is 43.5. The first-order chi connectivity index (χ1) is 16.1. The number of aromatic nitrogens is 3. The molecule has 3 rings (SSSR count). The molecule has 2 aromatic heterocycles. The van der Waals surface area contributed by atoms with E-state index in [0.29, 0.717) is 0 Å². The molecule has 1 aromatic carbocycles. The molecule has 0 saturated heterocycles. The Hall–Kier alpha value is -3.71. The van der Waals surface area contributed by atoms with E-state index in [1.165, 1.54) is 12.1 Å². The molecule has 0 spiro atoms. The molecule has 0 bridgehead atoms. The van der Waals surface area contributed by atoms with Gasteiger partial charge in [0.2, 0.25) is 5.76 Å². The maximum absolute atomic E-state index is 12.8. The number of alkyl halides is 3. The van der Waals surface area contributed by atoms with Crippen LogP contribution < -0.4 is 16.0 Å². The number of rotatable bonds is 8. The van der Waals surface area contributed by atoms with Gasteiger partial charge in [0.1, 0.15) is 22.9 Å². The second-order valence-electron chi connectivity index (χ2n) is 6.88. The summed E-state index contributed by atoms with van der Waals surface area (Å²) in [5, 5.41) is 20.2. The molecule has 1 unspecified atom stereocenters. The second kappa shape index (κ2) is 10.5. The van der Waals surface area contributed by atoms with Gasteiger partial charge in [0.15, 0.2) is 5.69 Å². The number of nitrogens with one attached hydrogen (secondary N) is 3. The maximum Gasteiger partial charge on any atom is 0.416 e. The predicted octanol–water partition coefficient (Wildman–Crippen LogP) is 3.28. The van der Waals surface area contributed by atoms with Crippen molar-refractivity contribution in [3.05, 3.63) is 64.4 Å². The third-order valence-electron chi connectivity index (χ3n) is 4.40. The van der Waals surface area contributed by atoms with Gasteiger partial charge in [-0.15, -0.1) is 0 Å². The van der Waals surface area contributed by atoms with Crippen LogP contribution in [-0.4, -0.2) is 45.2 Å². The van der Waals surface area contributed by atoms with Gasteiger partial charge in [-0.1, -0.05) is 22.8 Å². The molecular formula is C20H18ClF3N6O4. The first kappa shape index (κ1) is 24.9. The van der Waals surface area contributed by atoms with E-state index in [1.54, 1.807) is 6.92 Å². The number of aliphatic hydroxyl groups excluding tert-OH is 1. The fourth-order valence-corrected chi connectivity index (χ4v) is 2.98. The standard InChI is InChI=1S/C20H18ClF3N6O4/c1-10(28-19(33)16-15(21)17(25-5-6-31)27-9-26-16)13-8-14(34-30-13)18(32)29-12-4-2-3-11(7-12)20(22,23)24/h2-4,7-10,31H,5-6H2,1H3,(H,28,33)(H,29,32)(H,25,26,27).